The first-order valence-electron chi connectivity index (χ1n) is 6.03. The maximum atomic E-state index is 11.4. The second kappa shape index (κ2) is 7.42. The largest absolute Gasteiger partial charge is 0.380 e. The summed E-state index contributed by atoms with van der Waals surface area (Å²) in [5.41, 5.74) is 1.77. The number of hydrogen-bond acceptors (Lipinski definition) is 4. The maximum Gasteiger partial charge on any atom is 0.250 e. The van der Waals surface area contributed by atoms with Crippen LogP contribution in [-0.4, -0.2) is 19.6 Å². The quantitative estimate of drug-likeness (QED) is 0.831. The molecule has 0 aliphatic heterocycles. The van der Waals surface area contributed by atoms with Gasteiger partial charge in [-0.25, -0.2) is 0 Å². The van der Waals surface area contributed by atoms with Crippen LogP contribution in [0.2, 0.25) is 0 Å². The molecule has 1 heterocycles. The molecule has 0 spiro atoms. The van der Waals surface area contributed by atoms with Crippen LogP contribution in [0.3, 0.4) is 0 Å². The van der Waals surface area contributed by atoms with Crippen molar-refractivity contribution in [2.45, 2.75) is 6.54 Å². The molecule has 6 heteroatoms. The number of hydrogen-bond donors (Lipinski definition) is 2. The molecule has 0 aliphatic carbocycles. The van der Waals surface area contributed by atoms with E-state index in [0.717, 1.165) is 22.4 Å². The molecule has 1 amide bonds. The Labute approximate surface area is 130 Å². The zero-order valence-electron chi connectivity index (χ0n) is 11.0. The number of ether oxygens (including phenoxy) is 1. The van der Waals surface area contributed by atoms with Crippen LogP contribution >= 0.6 is 27.3 Å². The Balaban J connectivity index is 1.88. The summed E-state index contributed by atoms with van der Waals surface area (Å²) in [5, 5.41) is 8.14. The third kappa shape index (κ3) is 4.33. The minimum atomic E-state index is -0.157. The number of rotatable bonds is 6. The first-order valence-corrected chi connectivity index (χ1v) is 7.71. The van der Waals surface area contributed by atoms with Gasteiger partial charge in [-0.3, -0.25) is 4.79 Å². The molecule has 0 radical (unpaired) electrons. The van der Waals surface area contributed by atoms with Gasteiger partial charge >= 0.3 is 0 Å². The van der Waals surface area contributed by atoms with Gasteiger partial charge in [-0.2, -0.15) is 0 Å². The highest BCUT2D eigenvalue weighted by atomic mass is 79.9. The Kier molecular flexibility index (Phi) is 5.58. The Morgan fingerprint density at radius 3 is 2.55 bits per heavy atom. The van der Waals surface area contributed by atoms with Crippen LogP contribution in [-0.2, 0) is 16.1 Å². The fraction of sp³-hybridized carbons (Fsp3) is 0.214. The fourth-order valence-electron chi connectivity index (χ4n) is 1.63. The van der Waals surface area contributed by atoms with Crippen LogP contribution in [0, 0.1) is 0 Å². The standard InChI is InChI=1S/C14H15BrN2O2S/c1-19-9-14(18)17-11-4-2-10(3-5-11)16-8-13-12(15)6-7-20-13/h2-7,16H,8-9H2,1H3,(H,17,18). The molecule has 4 nitrogen and oxygen atoms in total. The van der Waals surface area contributed by atoms with Gasteiger partial charge in [-0.15, -0.1) is 11.3 Å². The van der Waals surface area contributed by atoms with Crippen LogP contribution in [0.15, 0.2) is 40.2 Å². The monoisotopic (exact) mass is 354 g/mol. The summed E-state index contributed by atoms with van der Waals surface area (Å²) in [6, 6.07) is 9.63. The zero-order chi connectivity index (χ0) is 14.4. The summed E-state index contributed by atoms with van der Waals surface area (Å²) in [6.45, 7) is 0.833. The second-order valence-corrected chi connectivity index (χ2v) is 5.96. The minimum absolute atomic E-state index is 0.0619. The lowest BCUT2D eigenvalue weighted by Gasteiger charge is -2.08. The number of halogens is 1. The second-order valence-electron chi connectivity index (χ2n) is 4.10. The molecule has 2 N–H and O–H groups in total. The molecule has 0 saturated heterocycles. The molecule has 0 bridgehead atoms. The van der Waals surface area contributed by atoms with E-state index in [-0.39, 0.29) is 12.5 Å². The molecule has 1 aromatic carbocycles. The van der Waals surface area contributed by atoms with Gasteiger partial charge in [0.2, 0.25) is 5.91 Å². The third-order valence-corrected chi connectivity index (χ3v) is 4.51. The first kappa shape index (κ1) is 15.0. The number of carbonyl (C=O) groups is 1. The number of nitrogens with one attached hydrogen (secondary N) is 2. The van der Waals surface area contributed by atoms with E-state index in [0.29, 0.717) is 0 Å². The zero-order valence-corrected chi connectivity index (χ0v) is 13.4. The Bertz CT molecular complexity index is 569. The first-order chi connectivity index (χ1) is 9.69. The topological polar surface area (TPSA) is 50.4 Å². The van der Waals surface area contributed by atoms with Crippen LogP contribution in [0.5, 0.6) is 0 Å². The molecule has 106 valence electrons. The summed E-state index contributed by atoms with van der Waals surface area (Å²) >= 11 is 5.21. The maximum absolute atomic E-state index is 11.4. The van der Waals surface area contributed by atoms with Crippen LogP contribution in [0.4, 0.5) is 11.4 Å². The smallest absolute Gasteiger partial charge is 0.250 e. The van der Waals surface area contributed by atoms with E-state index in [1.54, 1.807) is 11.3 Å². The van der Waals surface area contributed by atoms with Crippen molar-refractivity contribution in [3.8, 4) is 0 Å². The van der Waals surface area contributed by atoms with Gasteiger partial charge in [0.05, 0.1) is 6.54 Å². The van der Waals surface area contributed by atoms with Gasteiger partial charge in [0, 0.05) is 27.8 Å². The van der Waals surface area contributed by atoms with Crippen molar-refractivity contribution in [3.05, 3.63) is 45.1 Å². The van der Waals surface area contributed by atoms with E-state index < -0.39 is 0 Å². The molecule has 0 unspecified atom stereocenters. The van der Waals surface area contributed by atoms with E-state index in [2.05, 4.69) is 31.9 Å². The van der Waals surface area contributed by atoms with Crippen molar-refractivity contribution in [3.63, 3.8) is 0 Å². The van der Waals surface area contributed by atoms with Crippen LogP contribution in [0.1, 0.15) is 4.88 Å². The van der Waals surface area contributed by atoms with Gasteiger partial charge in [-0.1, -0.05) is 0 Å². The SMILES string of the molecule is COCC(=O)Nc1ccc(NCc2sccc2Br)cc1. The molecule has 2 aromatic rings. The normalized spacial score (nSPS) is 10.3. The number of amides is 1. The van der Waals surface area contributed by atoms with E-state index in [1.165, 1.54) is 12.0 Å². The summed E-state index contributed by atoms with van der Waals surface area (Å²) in [7, 11) is 1.50. The highest BCUT2D eigenvalue weighted by molar-refractivity contribution is 9.10. The predicted molar refractivity (Wildman–Crippen MR) is 86.3 cm³/mol. The molecule has 2 rings (SSSR count). The van der Waals surface area contributed by atoms with Crippen molar-refractivity contribution in [2.75, 3.05) is 24.4 Å². The van der Waals surface area contributed by atoms with Gasteiger partial charge < -0.3 is 15.4 Å². The molecule has 0 atom stereocenters. The van der Waals surface area contributed by atoms with Crippen LogP contribution < -0.4 is 10.6 Å². The average Bonchev–Trinajstić information content (AvgIpc) is 2.84. The highest BCUT2D eigenvalue weighted by Crippen LogP contribution is 2.24. The summed E-state index contributed by atoms with van der Waals surface area (Å²) in [4.78, 5) is 12.6. The number of carbonyl (C=O) groups excluding carboxylic acids is 1. The Morgan fingerprint density at radius 1 is 1.25 bits per heavy atom. The minimum Gasteiger partial charge on any atom is -0.380 e. The molecule has 20 heavy (non-hydrogen) atoms. The molecule has 1 aromatic heterocycles. The van der Waals surface area contributed by atoms with Gasteiger partial charge in [0.15, 0.2) is 0 Å². The molecule has 0 saturated carbocycles. The van der Waals surface area contributed by atoms with Gasteiger partial charge in [0.25, 0.3) is 0 Å². The van der Waals surface area contributed by atoms with E-state index in [9.17, 15) is 4.79 Å². The van der Waals surface area contributed by atoms with Crippen molar-refractivity contribution in [1.82, 2.24) is 0 Å². The van der Waals surface area contributed by atoms with Crippen LogP contribution in [0.25, 0.3) is 0 Å². The van der Waals surface area contributed by atoms with Crippen molar-refractivity contribution >= 4 is 44.5 Å². The van der Waals surface area contributed by atoms with E-state index in [1.807, 2.05) is 30.3 Å². The number of benzene rings is 1. The van der Waals surface area contributed by atoms with Crippen molar-refractivity contribution < 1.29 is 9.53 Å². The Morgan fingerprint density at radius 2 is 1.95 bits per heavy atom. The summed E-state index contributed by atoms with van der Waals surface area (Å²) < 4.78 is 5.89. The van der Waals surface area contributed by atoms with Gasteiger partial charge in [-0.05, 0) is 51.6 Å². The predicted octanol–water partition coefficient (Wildman–Crippen LogP) is 3.71. The number of methoxy groups -OCH3 is 1. The van der Waals surface area contributed by atoms with E-state index in [4.69, 9.17) is 4.74 Å². The lowest BCUT2D eigenvalue weighted by molar-refractivity contribution is -0.119. The molecule has 0 aliphatic rings. The molecule has 0 fully saturated rings. The lowest BCUT2D eigenvalue weighted by Crippen LogP contribution is -2.16. The fourth-order valence-corrected chi connectivity index (χ4v) is 3.07. The number of thiophene rings is 1. The Hall–Kier alpha value is -1.37. The lowest BCUT2D eigenvalue weighted by atomic mass is 10.2. The third-order valence-electron chi connectivity index (χ3n) is 2.59. The highest BCUT2D eigenvalue weighted by Gasteiger charge is 2.03. The van der Waals surface area contributed by atoms with E-state index >= 15 is 0 Å². The van der Waals surface area contributed by atoms with Crippen molar-refractivity contribution in [1.29, 1.82) is 0 Å². The van der Waals surface area contributed by atoms with Gasteiger partial charge in [0.1, 0.15) is 6.61 Å². The summed E-state index contributed by atoms with van der Waals surface area (Å²) in [6.07, 6.45) is 0. The molecular formula is C14H15BrN2O2S. The number of anilines is 2. The average molecular weight is 355 g/mol. The van der Waals surface area contributed by atoms with Crippen molar-refractivity contribution in [2.24, 2.45) is 0 Å². The summed E-state index contributed by atoms with van der Waals surface area (Å²) in [5.74, 6) is -0.157. The molecular weight excluding hydrogens is 340 g/mol.